The van der Waals surface area contributed by atoms with Gasteiger partial charge in [-0.25, -0.2) is 4.39 Å². The minimum atomic E-state index is -0.297. The van der Waals surface area contributed by atoms with E-state index >= 15 is 0 Å². The third-order valence-electron chi connectivity index (χ3n) is 2.36. The molecule has 0 saturated carbocycles. The van der Waals surface area contributed by atoms with Gasteiger partial charge in [-0.15, -0.1) is 0 Å². The van der Waals surface area contributed by atoms with Crippen molar-refractivity contribution in [1.29, 1.82) is 0 Å². The molecule has 0 N–H and O–H groups in total. The topological polar surface area (TPSA) is 18.5 Å². The fourth-order valence-electron chi connectivity index (χ4n) is 1.68. The van der Waals surface area contributed by atoms with Gasteiger partial charge in [-0.1, -0.05) is 13.8 Å². The predicted molar refractivity (Wildman–Crippen MR) is 57.5 cm³/mol. The Hall–Kier alpha value is -1.09. The van der Waals surface area contributed by atoms with Gasteiger partial charge in [-0.05, 0) is 18.1 Å². The third kappa shape index (κ3) is 2.69. The number of methoxy groups -OCH3 is 2. The molecule has 0 saturated heterocycles. The summed E-state index contributed by atoms with van der Waals surface area (Å²) >= 11 is 0. The second kappa shape index (κ2) is 5.12. The molecule has 2 nitrogen and oxygen atoms in total. The van der Waals surface area contributed by atoms with Gasteiger partial charge in [0.2, 0.25) is 0 Å². The fraction of sp³-hybridized carbons (Fsp3) is 0.500. The van der Waals surface area contributed by atoms with E-state index in [1.807, 2.05) is 0 Å². The van der Waals surface area contributed by atoms with Crippen LogP contribution in [0.25, 0.3) is 0 Å². The predicted octanol–water partition coefficient (Wildman–Crippen LogP) is 3.18. The van der Waals surface area contributed by atoms with Gasteiger partial charge < -0.3 is 9.47 Å². The lowest BCUT2D eigenvalue weighted by atomic mass is 9.98. The summed E-state index contributed by atoms with van der Waals surface area (Å²) in [5.74, 6) is 0.555. The molecule has 3 heteroatoms. The van der Waals surface area contributed by atoms with Crippen molar-refractivity contribution in [2.24, 2.45) is 5.92 Å². The van der Waals surface area contributed by atoms with Crippen LogP contribution in [0.5, 0.6) is 5.75 Å². The van der Waals surface area contributed by atoms with E-state index in [4.69, 9.17) is 9.47 Å². The number of rotatable bonds is 4. The molecule has 0 amide bonds. The molecule has 1 aromatic rings. The molecule has 0 spiro atoms. The van der Waals surface area contributed by atoms with Crippen molar-refractivity contribution in [2.45, 2.75) is 20.0 Å². The van der Waals surface area contributed by atoms with Crippen molar-refractivity contribution in [1.82, 2.24) is 0 Å². The quantitative estimate of drug-likeness (QED) is 0.763. The molecule has 0 fully saturated rings. The highest BCUT2D eigenvalue weighted by Gasteiger charge is 2.19. The summed E-state index contributed by atoms with van der Waals surface area (Å²) in [5, 5.41) is 0. The molecular formula is C12H17FO2. The second-order valence-electron chi connectivity index (χ2n) is 3.79. The van der Waals surface area contributed by atoms with E-state index in [2.05, 4.69) is 13.8 Å². The number of ether oxygens (including phenoxy) is 2. The molecule has 0 aliphatic rings. The number of hydrogen-bond donors (Lipinski definition) is 0. The number of halogens is 1. The first-order chi connectivity index (χ1) is 7.10. The molecule has 15 heavy (non-hydrogen) atoms. The summed E-state index contributed by atoms with van der Waals surface area (Å²) in [6, 6.07) is 4.51. The molecule has 0 heterocycles. The lowest BCUT2D eigenvalue weighted by molar-refractivity contribution is 0.0625. The molecule has 0 bridgehead atoms. The minimum absolute atomic E-state index is 0.0689. The largest absolute Gasteiger partial charge is 0.496 e. The van der Waals surface area contributed by atoms with E-state index < -0.39 is 0 Å². The Morgan fingerprint density at radius 3 is 2.33 bits per heavy atom. The Kier molecular flexibility index (Phi) is 4.09. The molecular weight excluding hydrogens is 195 g/mol. The summed E-state index contributed by atoms with van der Waals surface area (Å²) < 4.78 is 23.5. The summed E-state index contributed by atoms with van der Waals surface area (Å²) in [6.07, 6.45) is -0.0689. The first-order valence-electron chi connectivity index (χ1n) is 4.96. The van der Waals surface area contributed by atoms with Crippen LogP contribution in [-0.4, -0.2) is 14.2 Å². The number of benzene rings is 1. The van der Waals surface area contributed by atoms with E-state index in [9.17, 15) is 4.39 Å². The molecule has 0 aliphatic heterocycles. The van der Waals surface area contributed by atoms with E-state index in [1.54, 1.807) is 13.2 Å². The van der Waals surface area contributed by atoms with Gasteiger partial charge in [0.25, 0.3) is 0 Å². The molecule has 1 aromatic carbocycles. The summed E-state index contributed by atoms with van der Waals surface area (Å²) in [5.41, 5.74) is 0.886. The summed E-state index contributed by atoms with van der Waals surface area (Å²) in [6.45, 7) is 4.11. The Morgan fingerprint density at radius 2 is 1.87 bits per heavy atom. The van der Waals surface area contributed by atoms with Crippen LogP contribution in [0.4, 0.5) is 4.39 Å². The Bertz CT molecular complexity index is 323. The van der Waals surface area contributed by atoms with Crippen molar-refractivity contribution >= 4 is 0 Å². The van der Waals surface area contributed by atoms with E-state index in [-0.39, 0.29) is 11.9 Å². The lowest BCUT2D eigenvalue weighted by Gasteiger charge is -2.21. The van der Waals surface area contributed by atoms with Crippen LogP contribution in [0.2, 0.25) is 0 Å². The second-order valence-corrected chi connectivity index (χ2v) is 3.79. The standard InChI is InChI=1S/C12H17FO2/c1-8(2)12(15-4)10-6-5-9(13)7-11(10)14-3/h5-8,12H,1-4H3. The van der Waals surface area contributed by atoms with Crippen molar-refractivity contribution in [3.8, 4) is 5.75 Å². The van der Waals surface area contributed by atoms with Gasteiger partial charge >= 0.3 is 0 Å². The molecule has 84 valence electrons. The zero-order valence-electron chi connectivity index (χ0n) is 9.58. The molecule has 0 aromatic heterocycles. The highest BCUT2D eigenvalue weighted by atomic mass is 19.1. The highest BCUT2D eigenvalue weighted by molar-refractivity contribution is 5.36. The van der Waals surface area contributed by atoms with Crippen molar-refractivity contribution in [3.05, 3.63) is 29.6 Å². The van der Waals surface area contributed by atoms with Crippen LogP contribution in [0.3, 0.4) is 0 Å². The summed E-state index contributed by atoms with van der Waals surface area (Å²) in [7, 11) is 3.18. The third-order valence-corrected chi connectivity index (χ3v) is 2.36. The molecule has 0 radical (unpaired) electrons. The van der Waals surface area contributed by atoms with Gasteiger partial charge in [-0.2, -0.15) is 0 Å². The number of hydrogen-bond acceptors (Lipinski definition) is 2. The fourth-order valence-corrected chi connectivity index (χ4v) is 1.68. The van der Waals surface area contributed by atoms with Gasteiger partial charge in [0, 0.05) is 18.7 Å². The molecule has 0 aliphatic carbocycles. The first kappa shape index (κ1) is 12.0. The maximum absolute atomic E-state index is 13.0. The lowest BCUT2D eigenvalue weighted by Crippen LogP contribution is -2.10. The minimum Gasteiger partial charge on any atom is -0.496 e. The summed E-state index contributed by atoms with van der Waals surface area (Å²) in [4.78, 5) is 0. The Labute approximate surface area is 90.0 Å². The molecule has 1 rings (SSSR count). The van der Waals surface area contributed by atoms with Gasteiger partial charge in [0.1, 0.15) is 11.6 Å². The van der Waals surface area contributed by atoms with Gasteiger partial charge in [0.05, 0.1) is 13.2 Å². The monoisotopic (exact) mass is 212 g/mol. The normalized spacial score (nSPS) is 12.9. The van der Waals surface area contributed by atoms with Crippen molar-refractivity contribution in [2.75, 3.05) is 14.2 Å². The molecule has 1 unspecified atom stereocenters. The SMILES string of the molecule is COc1cc(F)ccc1C(OC)C(C)C. The average molecular weight is 212 g/mol. The Morgan fingerprint density at radius 1 is 1.20 bits per heavy atom. The van der Waals surface area contributed by atoms with Crippen LogP contribution in [0.1, 0.15) is 25.5 Å². The zero-order chi connectivity index (χ0) is 11.4. The van der Waals surface area contributed by atoms with E-state index in [0.717, 1.165) is 5.56 Å². The van der Waals surface area contributed by atoms with Gasteiger partial charge in [0.15, 0.2) is 0 Å². The Balaban J connectivity index is 3.11. The maximum Gasteiger partial charge on any atom is 0.127 e. The van der Waals surface area contributed by atoms with E-state index in [0.29, 0.717) is 11.7 Å². The van der Waals surface area contributed by atoms with Crippen LogP contribution in [0, 0.1) is 11.7 Å². The van der Waals surface area contributed by atoms with Crippen molar-refractivity contribution in [3.63, 3.8) is 0 Å². The van der Waals surface area contributed by atoms with Crippen molar-refractivity contribution < 1.29 is 13.9 Å². The maximum atomic E-state index is 13.0. The highest BCUT2D eigenvalue weighted by Crippen LogP contribution is 2.32. The van der Waals surface area contributed by atoms with Crippen LogP contribution < -0.4 is 4.74 Å². The average Bonchev–Trinajstić information content (AvgIpc) is 2.20. The van der Waals surface area contributed by atoms with E-state index in [1.165, 1.54) is 19.2 Å². The first-order valence-corrected chi connectivity index (χ1v) is 4.96. The van der Waals surface area contributed by atoms with Gasteiger partial charge in [-0.3, -0.25) is 0 Å². The molecule has 1 atom stereocenters. The zero-order valence-corrected chi connectivity index (χ0v) is 9.58. The smallest absolute Gasteiger partial charge is 0.127 e. The van der Waals surface area contributed by atoms with Crippen LogP contribution in [0.15, 0.2) is 18.2 Å². The van der Waals surface area contributed by atoms with Crippen LogP contribution >= 0.6 is 0 Å². The van der Waals surface area contributed by atoms with Crippen LogP contribution in [-0.2, 0) is 4.74 Å².